The van der Waals surface area contributed by atoms with Crippen LogP contribution in [0.15, 0.2) is 106 Å². The number of fused-ring (bicyclic) bond motifs is 1. The number of rotatable bonds is 8. The van der Waals surface area contributed by atoms with Crippen LogP contribution in [0.4, 0.5) is 0 Å². The average Bonchev–Trinajstić information content (AvgIpc) is 2.95. The Morgan fingerprint density at radius 1 is 0.800 bits per heavy atom. The molecule has 0 amide bonds. The van der Waals surface area contributed by atoms with E-state index >= 15 is 0 Å². The molecule has 0 unspecified atom stereocenters. The van der Waals surface area contributed by atoms with Crippen LogP contribution in [0.1, 0.15) is 11.1 Å². The van der Waals surface area contributed by atoms with E-state index in [1.165, 1.54) is 30.5 Å². The predicted molar refractivity (Wildman–Crippen MR) is 156 cm³/mol. The van der Waals surface area contributed by atoms with Gasteiger partial charge in [-0.25, -0.2) is 4.79 Å². The highest BCUT2D eigenvalue weighted by Crippen LogP contribution is 2.29. The van der Waals surface area contributed by atoms with Crippen LogP contribution in [-0.2, 0) is 11.4 Å². The van der Waals surface area contributed by atoms with Crippen molar-refractivity contribution < 1.29 is 23.4 Å². The second-order valence-electron chi connectivity index (χ2n) is 8.43. The molecule has 0 saturated carbocycles. The molecule has 5 rings (SSSR count). The Labute approximate surface area is 243 Å². The predicted octanol–water partition coefficient (Wildman–Crippen LogP) is 8.74. The quantitative estimate of drug-likeness (QED) is 0.102. The molecule has 9 heteroatoms. The van der Waals surface area contributed by atoms with Gasteiger partial charge in [-0.1, -0.05) is 65.1 Å². The standard InChI is InChI=1S/C31H19Cl3O6/c32-24-5-3-6-25(33)23(24)17-37-20-11-8-19(9-12-20)10-15-30(35)39-21-13-14-22-28(16-21)38-18-29(31(22)36)40-27-7-2-1-4-26(27)34/h1-16,18H,17H2. The fourth-order valence-electron chi connectivity index (χ4n) is 3.69. The highest BCUT2D eigenvalue weighted by Gasteiger charge is 2.13. The van der Waals surface area contributed by atoms with Crippen LogP contribution in [-0.4, -0.2) is 5.97 Å². The Balaban J connectivity index is 1.20. The summed E-state index contributed by atoms with van der Waals surface area (Å²) in [4.78, 5) is 25.2. The van der Waals surface area contributed by atoms with Gasteiger partial charge >= 0.3 is 5.97 Å². The molecule has 0 aliphatic carbocycles. The van der Waals surface area contributed by atoms with E-state index in [2.05, 4.69) is 0 Å². The zero-order chi connectivity index (χ0) is 28.1. The molecule has 200 valence electrons. The molecule has 40 heavy (non-hydrogen) atoms. The van der Waals surface area contributed by atoms with Crippen LogP contribution in [0.25, 0.3) is 17.0 Å². The first-order valence-corrected chi connectivity index (χ1v) is 13.0. The van der Waals surface area contributed by atoms with Gasteiger partial charge in [0, 0.05) is 27.8 Å². The molecule has 0 N–H and O–H groups in total. The van der Waals surface area contributed by atoms with Crippen molar-refractivity contribution in [3.63, 3.8) is 0 Å². The van der Waals surface area contributed by atoms with Gasteiger partial charge in [-0.15, -0.1) is 0 Å². The van der Waals surface area contributed by atoms with Gasteiger partial charge in [0.05, 0.1) is 10.4 Å². The first-order chi connectivity index (χ1) is 19.4. The zero-order valence-corrected chi connectivity index (χ0v) is 22.9. The number of ether oxygens (including phenoxy) is 3. The van der Waals surface area contributed by atoms with Gasteiger partial charge in [-0.2, -0.15) is 0 Å². The fourth-order valence-corrected chi connectivity index (χ4v) is 4.37. The summed E-state index contributed by atoms with van der Waals surface area (Å²) < 4.78 is 22.3. The minimum Gasteiger partial charge on any atom is -0.489 e. The van der Waals surface area contributed by atoms with Crippen LogP contribution < -0.4 is 19.6 Å². The minimum atomic E-state index is -0.603. The Kier molecular flexibility index (Phi) is 8.41. The number of halogens is 3. The van der Waals surface area contributed by atoms with Crippen LogP contribution in [0.2, 0.25) is 15.1 Å². The van der Waals surface area contributed by atoms with Gasteiger partial charge in [0.2, 0.25) is 11.2 Å². The monoisotopic (exact) mass is 592 g/mol. The van der Waals surface area contributed by atoms with Crippen molar-refractivity contribution >= 4 is 57.8 Å². The van der Waals surface area contributed by atoms with Gasteiger partial charge in [0.1, 0.15) is 35.7 Å². The Morgan fingerprint density at radius 2 is 1.50 bits per heavy atom. The lowest BCUT2D eigenvalue weighted by atomic mass is 10.2. The maximum atomic E-state index is 12.8. The lowest BCUT2D eigenvalue weighted by molar-refractivity contribution is -0.128. The second kappa shape index (κ2) is 12.3. The molecule has 0 saturated heterocycles. The summed E-state index contributed by atoms with van der Waals surface area (Å²) in [6, 6.07) is 23.6. The summed E-state index contributed by atoms with van der Waals surface area (Å²) in [6.07, 6.45) is 4.09. The number of carbonyl (C=O) groups excluding carboxylic acids is 1. The number of benzene rings is 4. The van der Waals surface area contributed by atoms with Crippen molar-refractivity contribution in [3.8, 4) is 23.0 Å². The van der Waals surface area contributed by atoms with Gasteiger partial charge in [0.25, 0.3) is 0 Å². The van der Waals surface area contributed by atoms with Gasteiger partial charge < -0.3 is 18.6 Å². The van der Waals surface area contributed by atoms with Crippen LogP contribution in [0.3, 0.4) is 0 Å². The van der Waals surface area contributed by atoms with E-state index in [-0.39, 0.29) is 34.5 Å². The molecule has 0 bridgehead atoms. The van der Waals surface area contributed by atoms with E-state index < -0.39 is 5.97 Å². The lowest BCUT2D eigenvalue weighted by Crippen LogP contribution is -2.06. The zero-order valence-electron chi connectivity index (χ0n) is 20.6. The van der Waals surface area contributed by atoms with Crippen molar-refractivity contribution in [1.82, 2.24) is 0 Å². The topological polar surface area (TPSA) is 75.0 Å². The summed E-state index contributed by atoms with van der Waals surface area (Å²) >= 11 is 18.5. The Bertz CT molecular complexity index is 1760. The van der Waals surface area contributed by atoms with Crippen molar-refractivity contribution in [1.29, 1.82) is 0 Å². The maximum absolute atomic E-state index is 12.8. The summed E-state index contributed by atoms with van der Waals surface area (Å²) in [5.74, 6) is 0.546. The van der Waals surface area contributed by atoms with Crippen LogP contribution in [0, 0.1) is 0 Å². The Hall–Kier alpha value is -4.23. The van der Waals surface area contributed by atoms with Crippen molar-refractivity contribution in [2.24, 2.45) is 0 Å². The normalized spacial score (nSPS) is 11.1. The van der Waals surface area contributed by atoms with E-state index in [4.69, 9.17) is 53.4 Å². The number of carbonyl (C=O) groups is 1. The maximum Gasteiger partial charge on any atom is 0.336 e. The number of hydrogen-bond donors (Lipinski definition) is 0. The Morgan fingerprint density at radius 3 is 2.25 bits per heavy atom. The first-order valence-electron chi connectivity index (χ1n) is 11.9. The number of hydrogen-bond acceptors (Lipinski definition) is 6. The van der Waals surface area contributed by atoms with E-state index in [1.54, 1.807) is 72.8 Å². The number of para-hydroxylation sites is 1. The lowest BCUT2D eigenvalue weighted by Gasteiger charge is -2.09. The third-order valence-electron chi connectivity index (χ3n) is 5.73. The summed E-state index contributed by atoms with van der Waals surface area (Å²) in [7, 11) is 0. The molecule has 5 aromatic rings. The second-order valence-corrected chi connectivity index (χ2v) is 9.65. The average molecular weight is 594 g/mol. The van der Waals surface area contributed by atoms with Gasteiger partial charge in [-0.3, -0.25) is 4.79 Å². The largest absolute Gasteiger partial charge is 0.489 e. The fraction of sp³-hybridized carbons (Fsp3) is 0.0323. The molecule has 0 aliphatic heterocycles. The molecule has 1 heterocycles. The molecular formula is C31H19Cl3O6. The molecule has 1 aromatic heterocycles. The molecule has 0 radical (unpaired) electrons. The van der Waals surface area contributed by atoms with E-state index in [0.717, 1.165) is 5.56 Å². The summed E-state index contributed by atoms with van der Waals surface area (Å²) in [5.41, 5.74) is 1.31. The van der Waals surface area contributed by atoms with E-state index in [0.29, 0.717) is 32.1 Å². The molecule has 0 aliphatic rings. The smallest absolute Gasteiger partial charge is 0.336 e. The highest BCUT2D eigenvalue weighted by molar-refractivity contribution is 6.36. The highest BCUT2D eigenvalue weighted by atomic mass is 35.5. The minimum absolute atomic E-state index is 0.0163. The van der Waals surface area contributed by atoms with Crippen molar-refractivity contribution in [3.05, 3.63) is 134 Å². The SMILES string of the molecule is O=C(C=Cc1ccc(OCc2c(Cl)cccc2Cl)cc1)Oc1ccc2c(=O)c(Oc3ccccc3Cl)coc2c1. The van der Waals surface area contributed by atoms with Crippen LogP contribution in [0.5, 0.6) is 23.0 Å². The summed E-state index contributed by atoms with van der Waals surface area (Å²) in [6.45, 7) is 0.224. The van der Waals surface area contributed by atoms with Crippen LogP contribution >= 0.6 is 34.8 Å². The molecule has 4 aromatic carbocycles. The van der Waals surface area contributed by atoms with Gasteiger partial charge in [-0.05, 0) is 60.2 Å². The third-order valence-corrected chi connectivity index (χ3v) is 6.75. The third kappa shape index (κ3) is 6.49. The number of esters is 1. The molecule has 0 atom stereocenters. The van der Waals surface area contributed by atoms with Crippen molar-refractivity contribution in [2.45, 2.75) is 6.61 Å². The molecule has 6 nitrogen and oxygen atoms in total. The first kappa shape index (κ1) is 27.3. The molecule has 0 fully saturated rings. The molecular weight excluding hydrogens is 575 g/mol. The van der Waals surface area contributed by atoms with E-state index in [1.807, 2.05) is 0 Å². The van der Waals surface area contributed by atoms with Gasteiger partial charge in [0.15, 0.2) is 0 Å². The molecule has 0 spiro atoms. The van der Waals surface area contributed by atoms with Crippen molar-refractivity contribution in [2.75, 3.05) is 0 Å². The van der Waals surface area contributed by atoms with E-state index in [9.17, 15) is 9.59 Å². The summed E-state index contributed by atoms with van der Waals surface area (Å²) in [5, 5.41) is 1.69.